The molecule has 0 aliphatic heterocycles. The first-order chi connectivity index (χ1) is 17.3. The molecule has 0 radical (unpaired) electrons. The van der Waals surface area contributed by atoms with Gasteiger partial charge < -0.3 is 14.0 Å². The number of nitrogens with zero attached hydrogens (tertiary/aromatic N) is 4. The van der Waals surface area contributed by atoms with Gasteiger partial charge in [-0.15, -0.1) is 0 Å². The zero-order valence-electron chi connectivity index (χ0n) is 20.9. The van der Waals surface area contributed by atoms with Crippen molar-refractivity contribution in [1.29, 1.82) is 0 Å². The van der Waals surface area contributed by atoms with E-state index in [9.17, 15) is 14.4 Å². The number of hydrogen-bond acceptors (Lipinski definition) is 6. The molecule has 0 spiro atoms. The predicted molar refractivity (Wildman–Crippen MR) is 135 cm³/mol. The smallest absolute Gasteiger partial charge is 0.344 e. The van der Waals surface area contributed by atoms with E-state index in [0.717, 1.165) is 17.1 Å². The summed E-state index contributed by atoms with van der Waals surface area (Å²) in [5, 5.41) is 0. The number of aryl methyl sites for hydroxylation is 1. The summed E-state index contributed by atoms with van der Waals surface area (Å²) in [5.41, 5.74) is 3.60. The van der Waals surface area contributed by atoms with Gasteiger partial charge in [0.05, 0.1) is 18.0 Å². The predicted octanol–water partition coefficient (Wildman–Crippen LogP) is 3.73. The summed E-state index contributed by atoms with van der Waals surface area (Å²) in [4.78, 5) is 43.2. The van der Waals surface area contributed by atoms with E-state index < -0.39 is 12.6 Å². The molecule has 0 N–H and O–H groups in total. The van der Waals surface area contributed by atoms with Crippen molar-refractivity contribution in [3.8, 4) is 17.3 Å². The van der Waals surface area contributed by atoms with Gasteiger partial charge in [0, 0.05) is 30.2 Å². The number of ketones is 1. The van der Waals surface area contributed by atoms with Crippen molar-refractivity contribution in [2.75, 3.05) is 13.2 Å². The highest BCUT2D eigenvalue weighted by Crippen LogP contribution is 2.23. The van der Waals surface area contributed by atoms with Gasteiger partial charge in [0.25, 0.3) is 5.56 Å². The van der Waals surface area contributed by atoms with Crippen molar-refractivity contribution in [3.63, 3.8) is 0 Å². The lowest BCUT2D eigenvalue weighted by atomic mass is 10.1. The van der Waals surface area contributed by atoms with Crippen LogP contribution in [-0.4, -0.2) is 43.9 Å². The van der Waals surface area contributed by atoms with E-state index >= 15 is 0 Å². The molecule has 186 valence electrons. The highest BCUT2D eigenvalue weighted by atomic mass is 16.5. The molecule has 0 fully saturated rings. The maximum absolute atomic E-state index is 13.5. The Bertz CT molecular complexity index is 1490. The quantitative estimate of drug-likeness (QED) is 0.277. The Kier molecular flexibility index (Phi) is 6.91. The normalized spacial score (nSPS) is 10.9. The molecule has 9 nitrogen and oxygen atoms in total. The number of hydrogen-bond donors (Lipinski definition) is 0. The lowest BCUT2D eigenvalue weighted by Crippen LogP contribution is -2.22. The molecule has 3 aromatic heterocycles. The molecule has 0 bridgehead atoms. The third kappa shape index (κ3) is 4.35. The Morgan fingerprint density at radius 2 is 1.69 bits per heavy atom. The third-order valence-electron chi connectivity index (χ3n) is 6.09. The van der Waals surface area contributed by atoms with Gasteiger partial charge in [0.15, 0.2) is 6.61 Å². The van der Waals surface area contributed by atoms with Crippen LogP contribution in [0.5, 0.6) is 5.88 Å². The van der Waals surface area contributed by atoms with Gasteiger partial charge in [0.2, 0.25) is 11.7 Å². The van der Waals surface area contributed by atoms with Crippen molar-refractivity contribution in [1.82, 2.24) is 18.9 Å². The number of aromatic nitrogens is 4. The molecule has 36 heavy (non-hydrogen) atoms. The van der Waals surface area contributed by atoms with Crippen LogP contribution in [0.15, 0.2) is 59.5 Å². The van der Waals surface area contributed by atoms with Crippen LogP contribution >= 0.6 is 0 Å². The van der Waals surface area contributed by atoms with Crippen molar-refractivity contribution in [2.45, 2.75) is 27.7 Å². The number of rotatable bonds is 8. The van der Waals surface area contributed by atoms with Gasteiger partial charge in [-0.25, -0.2) is 14.5 Å². The molecule has 4 rings (SSSR count). The number of pyridine rings is 1. The number of ether oxygens (including phenoxy) is 2. The summed E-state index contributed by atoms with van der Waals surface area (Å²) in [6, 6.07) is 14.2. The Balaban J connectivity index is 1.63. The molecule has 0 amide bonds. The lowest BCUT2D eigenvalue weighted by molar-refractivity contribution is 0.0470. The van der Waals surface area contributed by atoms with E-state index in [1.807, 2.05) is 51.2 Å². The summed E-state index contributed by atoms with van der Waals surface area (Å²) in [6.45, 7) is 7.14. The minimum Gasteiger partial charge on any atom is -0.477 e. The Hall–Kier alpha value is -4.40. The van der Waals surface area contributed by atoms with Gasteiger partial charge in [-0.2, -0.15) is 0 Å². The maximum Gasteiger partial charge on any atom is 0.344 e. The number of benzene rings is 1. The van der Waals surface area contributed by atoms with Gasteiger partial charge in [-0.05, 0) is 58.0 Å². The average Bonchev–Trinajstić information content (AvgIpc) is 3.28. The molecular weight excluding hydrogens is 460 g/mol. The largest absolute Gasteiger partial charge is 0.477 e. The topological polar surface area (TPSA) is 97.4 Å². The summed E-state index contributed by atoms with van der Waals surface area (Å²) < 4.78 is 15.8. The van der Waals surface area contributed by atoms with Gasteiger partial charge in [-0.1, -0.05) is 18.2 Å². The molecule has 0 atom stereocenters. The van der Waals surface area contributed by atoms with Crippen LogP contribution in [0.3, 0.4) is 0 Å². The zero-order valence-corrected chi connectivity index (χ0v) is 20.9. The minimum absolute atomic E-state index is 0.152. The summed E-state index contributed by atoms with van der Waals surface area (Å²) in [7, 11) is 1.82. The van der Waals surface area contributed by atoms with Crippen molar-refractivity contribution >= 4 is 11.8 Å². The zero-order chi connectivity index (χ0) is 26.0. The molecule has 0 aliphatic rings. The van der Waals surface area contributed by atoms with Crippen molar-refractivity contribution in [3.05, 3.63) is 93.3 Å². The maximum atomic E-state index is 13.5. The fraction of sp³-hybridized carbons (Fsp3) is 0.259. The van der Waals surface area contributed by atoms with Crippen molar-refractivity contribution in [2.24, 2.45) is 7.05 Å². The first kappa shape index (κ1) is 24.7. The lowest BCUT2D eigenvalue weighted by Gasteiger charge is -2.09. The average molecular weight is 489 g/mol. The highest BCUT2D eigenvalue weighted by molar-refractivity contribution is 6.01. The highest BCUT2D eigenvalue weighted by Gasteiger charge is 2.24. The molecule has 9 heteroatoms. The number of carbonyl (C=O) groups excluding carboxylic acids is 2. The van der Waals surface area contributed by atoms with E-state index in [-0.39, 0.29) is 22.8 Å². The summed E-state index contributed by atoms with van der Waals surface area (Å²) in [5.74, 6) is -0.912. The molecule has 0 saturated heterocycles. The van der Waals surface area contributed by atoms with Crippen LogP contribution in [0.1, 0.15) is 44.7 Å². The molecule has 0 saturated carbocycles. The number of para-hydroxylation sites is 1. The van der Waals surface area contributed by atoms with Crippen LogP contribution in [0.25, 0.3) is 11.4 Å². The van der Waals surface area contributed by atoms with Crippen LogP contribution in [0.2, 0.25) is 0 Å². The second kappa shape index (κ2) is 10.1. The summed E-state index contributed by atoms with van der Waals surface area (Å²) >= 11 is 0. The SMILES string of the molecule is CCOc1ncccc1C(=O)OCC(=O)c1cc(C)n(-c2c(C)n(C)n(-c3ccccc3)c2=O)c1C. The van der Waals surface area contributed by atoms with Gasteiger partial charge in [0.1, 0.15) is 11.3 Å². The van der Waals surface area contributed by atoms with E-state index in [1.54, 1.807) is 39.9 Å². The third-order valence-corrected chi connectivity index (χ3v) is 6.09. The second-order valence-electron chi connectivity index (χ2n) is 8.32. The molecule has 0 unspecified atom stereocenters. The van der Waals surface area contributed by atoms with E-state index in [0.29, 0.717) is 23.6 Å². The number of esters is 1. The van der Waals surface area contributed by atoms with E-state index in [1.165, 1.54) is 12.3 Å². The Morgan fingerprint density at radius 1 is 0.972 bits per heavy atom. The first-order valence-electron chi connectivity index (χ1n) is 11.6. The Labute approximate surface area is 208 Å². The second-order valence-corrected chi connectivity index (χ2v) is 8.32. The fourth-order valence-corrected chi connectivity index (χ4v) is 4.29. The first-order valence-corrected chi connectivity index (χ1v) is 11.6. The minimum atomic E-state index is -0.696. The van der Waals surface area contributed by atoms with Crippen LogP contribution in [-0.2, 0) is 11.8 Å². The number of Topliss-reactive ketones (excluding diaryl/α,β-unsaturated/α-hetero) is 1. The molecule has 3 heterocycles. The molecule has 4 aromatic rings. The summed E-state index contributed by atoms with van der Waals surface area (Å²) in [6.07, 6.45) is 1.51. The van der Waals surface area contributed by atoms with Crippen LogP contribution in [0.4, 0.5) is 0 Å². The van der Waals surface area contributed by atoms with Gasteiger partial charge >= 0.3 is 5.97 Å². The van der Waals surface area contributed by atoms with Crippen LogP contribution < -0.4 is 10.3 Å². The van der Waals surface area contributed by atoms with E-state index in [2.05, 4.69) is 4.98 Å². The van der Waals surface area contributed by atoms with Crippen molar-refractivity contribution < 1.29 is 19.1 Å². The molecular formula is C27H28N4O5. The van der Waals surface area contributed by atoms with E-state index in [4.69, 9.17) is 9.47 Å². The van der Waals surface area contributed by atoms with Gasteiger partial charge in [-0.3, -0.25) is 14.3 Å². The Morgan fingerprint density at radius 3 is 2.39 bits per heavy atom. The molecule has 0 aliphatic carbocycles. The molecule has 1 aromatic carbocycles. The van der Waals surface area contributed by atoms with Crippen LogP contribution in [0, 0.1) is 20.8 Å². The standard InChI is InChI=1S/C27H28N4O5/c1-6-35-25-21(13-10-14-28-25)27(34)36-16-23(32)22-15-17(2)30(18(22)3)24-19(4)29(5)31(26(24)33)20-11-8-7-9-12-20/h7-15H,6,16H2,1-5H3. The number of carbonyl (C=O) groups is 2. The monoisotopic (exact) mass is 488 g/mol. The fourth-order valence-electron chi connectivity index (χ4n) is 4.29.